The van der Waals surface area contributed by atoms with E-state index in [1.807, 2.05) is 0 Å². The summed E-state index contributed by atoms with van der Waals surface area (Å²) in [6, 6.07) is 0. The minimum absolute atomic E-state index is 0. The van der Waals surface area contributed by atoms with E-state index in [0.29, 0.717) is 0 Å². The van der Waals surface area contributed by atoms with Gasteiger partial charge in [0.05, 0.1) is 0 Å². The van der Waals surface area contributed by atoms with Gasteiger partial charge in [0.1, 0.15) is 0 Å². The molecule has 94 valence electrons. The fourth-order valence-corrected chi connectivity index (χ4v) is 0. The van der Waals surface area contributed by atoms with Crippen molar-refractivity contribution in [3.05, 3.63) is 0 Å². The third-order valence-electron chi connectivity index (χ3n) is 0. The summed E-state index contributed by atoms with van der Waals surface area (Å²) >= 11 is -7.83. The molecule has 0 amide bonds. The third kappa shape index (κ3) is 1150. The first kappa shape index (κ1) is 29.5. The van der Waals surface area contributed by atoms with Crippen molar-refractivity contribution in [2.45, 2.75) is 0 Å². The Morgan fingerprint density at radius 2 is 0.500 bits per heavy atom. The van der Waals surface area contributed by atoms with Crippen LogP contribution in [-0.2, 0) is 34.1 Å². The van der Waals surface area contributed by atoms with E-state index in [1.54, 1.807) is 0 Å². The maximum atomic E-state index is 8.67. The molecule has 9 nitrogen and oxygen atoms in total. The molecule has 6 N–H and O–H groups in total. The second-order valence-corrected chi connectivity index (χ2v) is 2.08. The summed E-state index contributed by atoms with van der Waals surface area (Å²) in [6.45, 7) is 0. The predicted octanol–water partition coefficient (Wildman–Crippen LogP) is -3.32. The summed E-state index contributed by atoms with van der Waals surface area (Å²) in [5, 5.41) is 0. The number of hydrogen-bond donors (Lipinski definition) is 6. The molecular formula is H12As2O9S3. The monoisotopic (exact) mass is 402 g/mol. The molecule has 0 aliphatic rings. The number of hydrogen-bond acceptors (Lipinski definition) is 3. The molecule has 0 saturated heterocycles. The van der Waals surface area contributed by atoms with Crippen LogP contribution < -0.4 is 0 Å². The van der Waals surface area contributed by atoms with Gasteiger partial charge in [-0.25, -0.2) is 0 Å². The first-order chi connectivity index (χ1) is 5.20. The molecule has 0 heterocycles. The van der Waals surface area contributed by atoms with Crippen molar-refractivity contribution < 1.29 is 39.9 Å². The second-order valence-electron chi connectivity index (χ2n) is 0.692. The molecule has 2 atom stereocenters. The maximum absolute atomic E-state index is 8.67. The molecule has 2 unspecified atom stereocenters. The third-order valence-corrected chi connectivity index (χ3v) is 0. The Labute approximate surface area is 109 Å². The van der Waals surface area contributed by atoms with Gasteiger partial charge in [0.25, 0.3) is 34.1 Å². The SMILES string of the molecule is O=S(O)O.O=S(O)O.O=S(O)O.[AsH3].[AsH3]. The normalized spacial score (nSPS) is 7.50. The zero-order valence-corrected chi connectivity index (χ0v) is 14.9. The van der Waals surface area contributed by atoms with E-state index in [4.69, 9.17) is 39.9 Å². The van der Waals surface area contributed by atoms with Crippen molar-refractivity contribution in [2.24, 2.45) is 0 Å². The summed E-state index contributed by atoms with van der Waals surface area (Å²) in [7, 11) is 0. The van der Waals surface area contributed by atoms with E-state index in [2.05, 4.69) is 0 Å². The van der Waals surface area contributed by atoms with E-state index in [-0.39, 0.29) is 35.9 Å². The van der Waals surface area contributed by atoms with E-state index < -0.39 is 34.1 Å². The molecule has 0 aliphatic heterocycles. The summed E-state index contributed by atoms with van der Waals surface area (Å²) in [6.07, 6.45) is 0. The fourth-order valence-electron chi connectivity index (χ4n) is 0. The van der Waals surface area contributed by atoms with Gasteiger partial charge in [0, 0.05) is 0 Å². The second kappa shape index (κ2) is 23.9. The van der Waals surface area contributed by atoms with Crippen LogP contribution in [0.4, 0.5) is 0 Å². The van der Waals surface area contributed by atoms with Gasteiger partial charge in [-0.2, -0.15) is 12.6 Å². The average molecular weight is 402 g/mol. The molecule has 0 fully saturated rings. The minimum atomic E-state index is -2.61. The van der Waals surface area contributed by atoms with Crippen LogP contribution in [0.25, 0.3) is 0 Å². The molecule has 0 bridgehead atoms. The van der Waals surface area contributed by atoms with Gasteiger partial charge in [0.2, 0.25) is 0 Å². The van der Waals surface area contributed by atoms with Gasteiger partial charge < -0.3 is 0 Å². The van der Waals surface area contributed by atoms with Crippen LogP contribution in [-0.4, -0.2) is 75.8 Å². The van der Waals surface area contributed by atoms with Crippen LogP contribution in [0, 0.1) is 0 Å². The molecule has 0 aromatic rings. The van der Waals surface area contributed by atoms with Crippen molar-refractivity contribution in [1.29, 1.82) is 0 Å². The van der Waals surface area contributed by atoms with Crippen LogP contribution in [0.1, 0.15) is 0 Å². The van der Waals surface area contributed by atoms with E-state index in [1.165, 1.54) is 0 Å². The first-order valence-electron chi connectivity index (χ1n) is 1.60. The topological polar surface area (TPSA) is 173 Å². The Morgan fingerprint density at radius 1 is 0.500 bits per heavy atom. The fraction of sp³-hybridized carbons (Fsp3) is 0. The van der Waals surface area contributed by atoms with Gasteiger partial charge in [-0.3, -0.25) is 27.3 Å². The van der Waals surface area contributed by atoms with Gasteiger partial charge in [-0.05, 0) is 0 Å². The standard InChI is InChI=1S/2AsH3.3H2O3S/c;;3*1-4(2)3/h2*1H3;3*(H2,1,2,3). The molecule has 0 saturated carbocycles. The Hall–Kier alpha value is 1.33. The Morgan fingerprint density at radius 3 is 0.500 bits per heavy atom. The summed E-state index contributed by atoms with van der Waals surface area (Å²) in [5.74, 6) is 0. The van der Waals surface area contributed by atoms with Crippen LogP contribution in [0.2, 0.25) is 0 Å². The molecule has 14 heavy (non-hydrogen) atoms. The predicted molar refractivity (Wildman–Crippen MR) is 60.1 cm³/mol. The van der Waals surface area contributed by atoms with E-state index in [9.17, 15) is 0 Å². The summed E-state index contributed by atoms with van der Waals surface area (Å²) in [4.78, 5) is 0. The van der Waals surface area contributed by atoms with Crippen LogP contribution in [0.15, 0.2) is 0 Å². The molecule has 14 heteroatoms. The van der Waals surface area contributed by atoms with Crippen molar-refractivity contribution in [3.63, 3.8) is 0 Å². The van der Waals surface area contributed by atoms with Crippen LogP contribution >= 0.6 is 0 Å². The van der Waals surface area contributed by atoms with Gasteiger partial charge in [-0.1, -0.05) is 0 Å². The molecule has 0 radical (unpaired) electrons. The number of rotatable bonds is 0. The van der Waals surface area contributed by atoms with Gasteiger partial charge in [-0.15, -0.1) is 0 Å². The van der Waals surface area contributed by atoms with Crippen molar-refractivity contribution in [1.82, 2.24) is 0 Å². The van der Waals surface area contributed by atoms with Crippen molar-refractivity contribution in [2.75, 3.05) is 0 Å². The molecule has 0 aliphatic carbocycles. The molecule has 0 spiro atoms. The molecule has 0 aromatic heterocycles. The van der Waals surface area contributed by atoms with Gasteiger partial charge in [0.15, 0.2) is 0 Å². The Kier molecular flexibility index (Phi) is 50.3. The van der Waals surface area contributed by atoms with Crippen LogP contribution in [0.3, 0.4) is 0 Å². The molecule has 0 rings (SSSR count). The van der Waals surface area contributed by atoms with E-state index >= 15 is 0 Å². The molecule has 0 aromatic carbocycles. The van der Waals surface area contributed by atoms with Crippen molar-refractivity contribution >= 4 is 70.0 Å². The van der Waals surface area contributed by atoms with Crippen molar-refractivity contribution in [3.8, 4) is 0 Å². The zero-order chi connectivity index (χ0) is 10.7. The Balaban J connectivity index is -0.0000000270. The zero-order valence-electron chi connectivity index (χ0n) is 6.55. The first-order valence-corrected chi connectivity index (χ1v) is 4.79. The summed E-state index contributed by atoms with van der Waals surface area (Å²) in [5.41, 5.74) is 0. The quantitative estimate of drug-likeness (QED) is 0.179. The van der Waals surface area contributed by atoms with Crippen LogP contribution in [0.5, 0.6) is 0 Å². The van der Waals surface area contributed by atoms with E-state index in [0.717, 1.165) is 0 Å². The summed E-state index contributed by atoms with van der Waals surface area (Å²) < 4.78 is 68.5. The van der Waals surface area contributed by atoms with Gasteiger partial charge >= 0.3 is 35.9 Å². The average Bonchev–Trinajstić information content (AvgIpc) is 1.54. The Bertz CT molecular complexity index is 116. The molecular weight excluding hydrogens is 390 g/mol.